The van der Waals surface area contributed by atoms with Crippen LogP contribution in [0.15, 0.2) is 224 Å². The molecule has 2 saturated carbocycles. The minimum absolute atomic E-state index is 0.0597. The maximum absolute atomic E-state index is 2.68. The standard InChI is InChI=1S/C74H59NS/c1-46-42-48-18-16-19-49(43-46)73(48)64-30-13-14-31-65(64)74(62-28-11-7-23-56(62)57-24-8-12-29-63(57)74)68-45-52(39-41-66(68)73)75(51-38-40-58-55-22-6-10-27-61(55)72(2,3)67(58)44-51)50-36-34-47(35-37-50)53-20-4-5-21-54(53)59-26-17-33-70-71(59)60-25-9-15-32-69(60)76-70/h4-15,17,20-41,44-46,48-49H,16,18-19,42-43H2,1-3H3/t46?,48-,49+,73?. The van der Waals surface area contributed by atoms with Gasteiger partial charge in [-0.1, -0.05) is 203 Å². The first-order valence-corrected chi connectivity index (χ1v) is 28.8. The third-order valence-electron chi connectivity index (χ3n) is 19.5. The van der Waals surface area contributed by atoms with Crippen LogP contribution in [-0.2, 0) is 16.2 Å². The highest BCUT2D eigenvalue weighted by atomic mass is 32.1. The maximum Gasteiger partial charge on any atom is 0.0720 e. The molecule has 1 heterocycles. The van der Waals surface area contributed by atoms with E-state index in [2.05, 4.69) is 250 Å². The number of fused-ring (bicyclic) bond motifs is 15. The summed E-state index contributed by atoms with van der Waals surface area (Å²) < 4.78 is 2.66. The van der Waals surface area contributed by atoms with Crippen LogP contribution >= 0.6 is 11.3 Å². The molecular formula is C74H59NS. The lowest BCUT2D eigenvalue weighted by Crippen LogP contribution is -2.55. The lowest BCUT2D eigenvalue weighted by molar-refractivity contribution is 0.0495. The summed E-state index contributed by atoms with van der Waals surface area (Å²) >= 11 is 1.89. The Morgan fingerprint density at radius 3 is 1.61 bits per heavy atom. The molecule has 2 fully saturated rings. The Bertz CT molecular complexity index is 4130. The van der Waals surface area contributed by atoms with E-state index in [1.54, 1.807) is 11.1 Å². The molecule has 2 unspecified atom stereocenters. The highest BCUT2D eigenvalue weighted by Crippen LogP contribution is 2.69. The van der Waals surface area contributed by atoms with Crippen LogP contribution in [0.3, 0.4) is 0 Å². The zero-order valence-electron chi connectivity index (χ0n) is 43.5. The van der Waals surface area contributed by atoms with Gasteiger partial charge in [0.2, 0.25) is 0 Å². The molecule has 366 valence electrons. The summed E-state index contributed by atoms with van der Waals surface area (Å²) in [5.74, 6) is 1.90. The zero-order chi connectivity index (χ0) is 50.5. The average molecular weight is 994 g/mol. The molecule has 16 rings (SSSR count). The molecule has 2 bridgehead atoms. The summed E-state index contributed by atoms with van der Waals surface area (Å²) in [5.41, 5.74) is 24.9. The molecule has 76 heavy (non-hydrogen) atoms. The van der Waals surface area contributed by atoms with Crippen molar-refractivity contribution in [3.63, 3.8) is 0 Å². The number of thiophene rings is 1. The SMILES string of the molecule is CC1C[C@H]2CCC[C@@H](C1)C21c2ccccc2C2(c3ccccc3-c3ccccc32)c2cc(N(c3ccc(-c4ccccc4-c4cccc5sc6ccccc6c45)cc3)c3ccc4c(c3)C(C)(C)c3ccccc3-4)ccc21. The Morgan fingerprint density at radius 2 is 0.895 bits per heavy atom. The number of nitrogens with zero attached hydrogens (tertiary/aromatic N) is 1. The van der Waals surface area contributed by atoms with Crippen molar-refractivity contribution < 1.29 is 0 Å². The van der Waals surface area contributed by atoms with Crippen LogP contribution in [0, 0.1) is 17.8 Å². The maximum atomic E-state index is 2.68. The second-order valence-corrected chi connectivity index (χ2v) is 24.6. The first-order valence-electron chi connectivity index (χ1n) is 27.9. The van der Waals surface area contributed by atoms with Gasteiger partial charge in [-0.05, 0) is 181 Å². The molecule has 5 aliphatic carbocycles. The summed E-state index contributed by atoms with van der Waals surface area (Å²) in [6.45, 7) is 7.35. The van der Waals surface area contributed by atoms with Crippen molar-refractivity contribution >= 4 is 48.6 Å². The fraction of sp³-hybridized carbons (Fsp3) is 0.189. The molecule has 11 aromatic rings. The van der Waals surface area contributed by atoms with Crippen LogP contribution in [0.4, 0.5) is 17.1 Å². The molecule has 0 saturated heterocycles. The summed E-state index contributed by atoms with van der Waals surface area (Å²) in [4.78, 5) is 2.59. The molecule has 4 atom stereocenters. The van der Waals surface area contributed by atoms with Crippen molar-refractivity contribution in [3.8, 4) is 44.5 Å². The predicted octanol–water partition coefficient (Wildman–Crippen LogP) is 20.0. The second-order valence-electron chi connectivity index (χ2n) is 23.5. The number of benzene rings is 10. The summed E-state index contributed by atoms with van der Waals surface area (Å²) in [6.07, 6.45) is 6.44. The minimum atomic E-state index is -0.491. The second kappa shape index (κ2) is 16.4. The fourth-order valence-electron chi connectivity index (χ4n) is 16.6. The van der Waals surface area contributed by atoms with Crippen LogP contribution in [-0.4, -0.2) is 0 Å². The van der Waals surface area contributed by atoms with Crippen molar-refractivity contribution in [1.82, 2.24) is 0 Å². The van der Waals surface area contributed by atoms with Crippen LogP contribution < -0.4 is 4.90 Å². The van der Waals surface area contributed by atoms with E-state index >= 15 is 0 Å². The van der Waals surface area contributed by atoms with Gasteiger partial charge in [0.25, 0.3) is 0 Å². The highest BCUT2D eigenvalue weighted by Gasteiger charge is 2.62. The Kier molecular flexibility index (Phi) is 9.58. The number of hydrogen-bond donors (Lipinski definition) is 0. The van der Waals surface area contributed by atoms with Crippen LogP contribution in [0.2, 0.25) is 0 Å². The van der Waals surface area contributed by atoms with E-state index in [1.165, 1.54) is 142 Å². The smallest absolute Gasteiger partial charge is 0.0720 e. The van der Waals surface area contributed by atoms with Gasteiger partial charge in [0, 0.05) is 48.1 Å². The molecular weight excluding hydrogens is 935 g/mol. The topological polar surface area (TPSA) is 3.24 Å². The van der Waals surface area contributed by atoms with Crippen LogP contribution in [0.25, 0.3) is 64.7 Å². The molecule has 10 aromatic carbocycles. The Morgan fingerprint density at radius 1 is 0.395 bits per heavy atom. The van der Waals surface area contributed by atoms with E-state index < -0.39 is 5.41 Å². The van der Waals surface area contributed by atoms with E-state index in [-0.39, 0.29) is 10.8 Å². The lowest BCUT2D eigenvalue weighted by atomic mass is 9.42. The zero-order valence-corrected chi connectivity index (χ0v) is 44.3. The van der Waals surface area contributed by atoms with Crippen LogP contribution in [0.1, 0.15) is 97.4 Å². The van der Waals surface area contributed by atoms with Gasteiger partial charge < -0.3 is 4.90 Å². The van der Waals surface area contributed by atoms with Crippen molar-refractivity contribution in [2.45, 2.75) is 69.1 Å². The van der Waals surface area contributed by atoms with Gasteiger partial charge >= 0.3 is 0 Å². The van der Waals surface area contributed by atoms with E-state index in [1.807, 2.05) is 11.3 Å². The normalized spacial score (nSPS) is 20.7. The molecule has 5 aliphatic rings. The molecule has 2 heteroatoms. The fourth-order valence-corrected chi connectivity index (χ4v) is 17.7. The van der Waals surface area contributed by atoms with Crippen molar-refractivity contribution in [3.05, 3.63) is 269 Å². The van der Waals surface area contributed by atoms with Gasteiger partial charge in [0.1, 0.15) is 0 Å². The molecule has 0 N–H and O–H groups in total. The van der Waals surface area contributed by atoms with Gasteiger partial charge in [0.05, 0.1) is 5.41 Å². The third-order valence-corrected chi connectivity index (χ3v) is 20.6. The van der Waals surface area contributed by atoms with Crippen molar-refractivity contribution in [2.24, 2.45) is 17.8 Å². The van der Waals surface area contributed by atoms with E-state index in [4.69, 9.17) is 0 Å². The Balaban J connectivity index is 0.935. The summed E-state index contributed by atoms with van der Waals surface area (Å²) in [6, 6.07) is 87.0. The molecule has 0 aliphatic heterocycles. The lowest BCUT2D eigenvalue weighted by Gasteiger charge is -2.60. The van der Waals surface area contributed by atoms with E-state index in [0.29, 0.717) is 11.8 Å². The number of rotatable bonds is 5. The third kappa shape index (κ3) is 5.92. The molecule has 0 radical (unpaired) electrons. The Labute approximate surface area is 451 Å². The van der Waals surface area contributed by atoms with Gasteiger partial charge in [-0.3, -0.25) is 0 Å². The Hall–Kier alpha value is -7.78. The number of hydrogen-bond acceptors (Lipinski definition) is 2. The monoisotopic (exact) mass is 993 g/mol. The molecule has 1 aromatic heterocycles. The van der Waals surface area contributed by atoms with Crippen LogP contribution in [0.5, 0.6) is 0 Å². The van der Waals surface area contributed by atoms with E-state index in [0.717, 1.165) is 11.6 Å². The molecule has 0 amide bonds. The van der Waals surface area contributed by atoms with Gasteiger partial charge in [-0.2, -0.15) is 0 Å². The summed E-state index contributed by atoms with van der Waals surface area (Å²) in [5, 5.41) is 2.67. The first kappa shape index (κ1) is 44.5. The van der Waals surface area contributed by atoms with Crippen molar-refractivity contribution in [1.29, 1.82) is 0 Å². The molecule has 2 spiro atoms. The average Bonchev–Trinajstić information content (AvgIpc) is 4.14. The van der Waals surface area contributed by atoms with Crippen molar-refractivity contribution in [2.75, 3.05) is 4.90 Å². The first-order chi connectivity index (χ1) is 37.3. The number of anilines is 3. The molecule has 1 nitrogen and oxygen atoms in total. The highest BCUT2D eigenvalue weighted by molar-refractivity contribution is 7.25. The summed E-state index contributed by atoms with van der Waals surface area (Å²) in [7, 11) is 0. The van der Waals surface area contributed by atoms with Gasteiger partial charge in [-0.25, -0.2) is 0 Å². The quantitative estimate of drug-likeness (QED) is 0.166. The van der Waals surface area contributed by atoms with Gasteiger partial charge in [-0.15, -0.1) is 11.3 Å². The minimum Gasteiger partial charge on any atom is -0.310 e. The van der Waals surface area contributed by atoms with Gasteiger partial charge in [0.15, 0.2) is 0 Å². The predicted molar refractivity (Wildman–Crippen MR) is 320 cm³/mol. The van der Waals surface area contributed by atoms with E-state index in [9.17, 15) is 0 Å². The largest absolute Gasteiger partial charge is 0.310 e.